The largest absolute Gasteiger partial charge is 0.381 e. The monoisotopic (exact) mass is 514 g/mol. The molecule has 1 aromatic carbocycles. The molecule has 3 aliphatic heterocycles. The zero-order valence-electron chi connectivity index (χ0n) is 21.1. The number of carbonyl (C=O) groups excluding carboxylic acids is 1. The van der Waals surface area contributed by atoms with Crippen LogP contribution in [0.5, 0.6) is 0 Å². The van der Waals surface area contributed by atoms with E-state index in [1.165, 1.54) is 0 Å². The van der Waals surface area contributed by atoms with Crippen molar-refractivity contribution in [1.82, 2.24) is 14.2 Å². The molecule has 2 aromatic rings. The van der Waals surface area contributed by atoms with E-state index in [0.717, 1.165) is 43.1 Å². The molecule has 2 saturated heterocycles. The van der Waals surface area contributed by atoms with Crippen molar-refractivity contribution in [3.8, 4) is 0 Å². The zero-order valence-corrected chi connectivity index (χ0v) is 21.9. The minimum Gasteiger partial charge on any atom is -0.381 e. The van der Waals surface area contributed by atoms with Crippen LogP contribution >= 0.6 is 0 Å². The average Bonchev–Trinajstić information content (AvgIpc) is 2.89. The number of hydrogen-bond acceptors (Lipinski definition) is 8. The third-order valence-electron chi connectivity index (χ3n) is 7.38. The van der Waals surface area contributed by atoms with E-state index in [1.54, 1.807) is 40.5 Å². The van der Waals surface area contributed by atoms with E-state index >= 15 is 0 Å². The number of sulfonamides is 1. The minimum atomic E-state index is -3.52. The highest BCUT2D eigenvalue weighted by molar-refractivity contribution is 7.89. The number of piperazine rings is 1. The molecule has 0 unspecified atom stereocenters. The van der Waals surface area contributed by atoms with E-state index in [2.05, 4.69) is 15.1 Å². The first kappa shape index (κ1) is 24.9. The number of benzene rings is 1. The first-order valence-electron chi connectivity index (χ1n) is 12.5. The molecule has 0 aliphatic carbocycles. The lowest BCUT2D eigenvalue weighted by atomic mass is 10.0. The molecule has 1 aromatic heterocycles. The van der Waals surface area contributed by atoms with Gasteiger partial charge < -0.3 is 24.8 Å². The van der Waals surface area contributed by atoms with Crippen molar-refractivity contribution < 1.29 is 17.9 Å². The number of nitrogens with zero attached hydrogens (tertiary/aromatic N) is 5. The van der Waals surface area contributed by atoms with Gasteiger partial charge >= 0.3 is 0 Å². The van der Waals surface area contributed by atoms with Gasteiger partial charge in [0.1, 0.15) is 11.9 Å². The molecule has 0 bridgehead atoms. The van der Waals surface area contributed by atoms with Crippen LogP contribution in [0.4, 0.5) is 23.0 Å². The fraction of sp³-hybridized carbons (Fsp3) is 0.520. The molecule has 1 atom stereocenters. The van der Waals surface area contributed by atoms with Crippen LogP contribution in [-0.4, -0.2) is 94.1 Å². The summed E-state index contributed by atoms with van der Waals surface area (Å²) in [5.74, 6) is 1.46. The summed E-state index contributed by atoms with van der Waals surface area (Å²) in [6.45, 7) is 5.73. The molecule has 2 fully saturated rings. The summed E-state index contributed by atoms with van der Waals surface area (Å²) in [6.07, 6.45) is 1.70. The molecule has 194 valence electrons. The first-order valence-corrected chi connectivity index (χ1v) is 13.9. The number of nitrogens with one attached hydrogen (secondary N) is 1. The number of rotatable bonds is 5. The second-order valence-electron chi connectivity index (χ2n) is 9.72. The van der Waals surface area contributed by atoms with Crippen LogP contribution < -0.4 is 15.1 Å². The van der Waals surface area contributed by atoms with Gasteiger partial charge in [0, 0.05) is 58.2 Å². The topological polar surface area (TPSA) is 98.3 Å². The summed E-state index contributed by atoms with van der Waals surface area (Å²) >= 11 is 0. The standard InChI is InChI=1S/C25H34N6O4S/c1-18-25(32)29(3)22-8-9-23(27-24(22)31(18)20-10-16-35-17-11-20)26-19-4-6-21(7-5-19)36(33,34)30-14-12-28(2)13-15-30/h4-9,18,20H,10-17H2,1-3H3,(H,26,27)/t18-/m1/s1. The summed E-state index contributed by atoms with van der Waals surface area (Å²) < 4.78 is 33.1. The van der Waals surface area contributed by atoms with Crippen molar-refractivity contribution in [3.05, 3.63) is 36.4 Å². The van der Waals surface area contributed by atoms with Crippen LogP contribution in [-0.2, 0) is 19.6 Å². The lowest BCUT2D eigenvalue weighted by molar-refractivity contribution is -0.119. The van der Waals surface area contributed by atoms with E-state index in [-0.39, 0.29) is 22.9 Å². The Morgan fingerprint density at radius 1 is 0.972 bits per heavy atom. The highest BCUT2D eigenvalue weighted by atomic mass is 32.2. The van der Waals surface area contributed by atoms with Gasteiger partial charge in [-0.3, -0.25) is 4.79 Å². The number of ether oxygens (including phenoxy) is 1. The van der Waals surface area contributed by atoms with Crippen LogP contribution in [0.1, 0.15) is 19.8 Å². The summed E-state index contributed by atoms with van der Waals surface area (Å²) in [5.41, 5.74) is 1.52. The molecule has 0 radical (unpaired) electrons. The van der Waals surface area contributed by atoms with Crippen molar-refractivity contribution in [2.45, 2.75) is 36.7 Å². The number of anilines is 4. The number of fused-ring (bicyclic) bond motifs is 1. The summed E-state index contributed by atoms with van der Waals surface area (Å²) in [4.78, 5) is 24.0. The molecular formula is C25H34N6O4S. The van der Waals surface area contributed by atoms with Crippen LogP contribution in [0.3, 0.4) is 0 Å². The Morgan fingerprint density at radius 3 is 2.31 bits per heavy atom. The predicted octanol–water partition coefficient (Wildman–Crippen LogP) is 2.11. The minimum absolute atomic E-state index is 0.0497. The fourth-order valence-electron chi connectivity index (χ4n) is 5.15. The fourth-order valence-corrected chi connectivity index (χ4v) is 6.57. The molecule has 0 saturated carbocycles. The molecule has 10 nitrogen and oxygen atoms in total. The van der Waals surface area contributed by atoms with Crippen molar-refractivity contribution in [2.24, 2.45) is 0 Å². The number of hydrogen-bond donors (Lipinski definition) is 1. The van der Waals surface area contributed by atoms with Crippen LogP contribution in [0, 0.1) is 0 Å². The average molecular weight is 515 g/mol. The second-order valence-corrected chi connectivity index (χ2v) is 11.7. The number of likely N-dealkylation sites (N-methyl/N-ethyl adjacent to an activating group) is 2. The lowest BCUT2D eigenvalue weighted by Gasteiger charge is -2.44. The first-order chi connectivity index (χ1) is 17.3. The van der Waals surface area contributed by atoms with Gasteiger partial charge in [0.05, 0.1) is 10.6 Å². The normalized spacial score (nSPS) is 22.5. The Balaban J connectivity index is 1.37. The van der Waals surface area contributed by atoms with Crippen LogP contribution in [0.2, 0.25) is 0 Å². The van der Waals surface area contributed by atoms with Gasteiger partial charge in [0.15, 0.2) is 5.82 Å². The molecule has 4 heterocycles. The summed E-state index contributed by atoms with van der Waals surface area (Å²) in [6, 6.07) is 10.4. The van der Waals surface area contributed by atoms with Gasteiger partial charge in [0.25, 0.3) is 0 Å². The quantitative estimate of drug-likeness (QED) is 0.648. The number of carbonyl (C=O) groups is 1. The summed E-state index contributed by atoms with van der Waals surface area (Å²) in [7, 11) is 0.268. The Labute approximate surface area is 212 Å². The Hall–Kier alpha value is -2.73. The zero-order chi connectivity index (χ0) is 25.4. The maximum Gasteiger partial charge on any atom is 0.249 e. The van der Waals surface area contributed by atoms with Gasteiger partial charge in [-0.2, -0.15) is 4.31 Å². The Kier molecular flexibility index (Phi) is 6.90. The van der Waals surface area contributed by atoms with Crippen LogP contribution in [0.15, 0.2) is 41.3 Å². The highest BCUT2D eigenvalue weighted by Crippen LogP contribution is 2.38. The lowest BCUT2D eigenvalue weighted by Crippen LogP contribution is -2.56. The summed E-state index contributed by atoms with van der Waals surface area (Å²) in [5, 5.41) is 3.30. The molecule has 1 amide bonds. The highest BCUT2D eigenvalue weighted by Gasteiger charge is 2.39. The maximum absolute atomic E-state index is 13.0. The van der Waals surface area contributed by atoms with Gasteiger partial charge in [-0.15, -0.1) is 0 Å². The molecule has 36 heavy (non-hydrogen) atoms. The van der Waals surface area contributed by atoms with Crippen molar-refractivity contribution in [1.29, 1.82) is 0 Å². The molecule has 0 spiro atoms. The van der Waals surface area contributed by atoms with E-state index in [1.807, 2.05) is 26.1 Å². The smallest absolute Gasteiger partial charge is 0.249 e. The Morgan fingerprint density at radius 2 is 1.64 bits per heavy atom. The van der Waals surface area contributed by atoms with Gasteiger partial charge in [-0.05, 0) is 63.2 Å². The number of pyridine rings is 1. The molecule has 5 rings (SSSR count). The molecular weight excluding hydrogens is 480 g/mol. The third kappa shape index (κ3) is 4.68. The van der Waals surface area contributed by atoms with E-state index < -0.39 is 10.0 Å². The maximum atomic E-state index is 13.0. The van der Waals surface area contributed by atoms with Gasteiger partial charge in [-0.1, -0.05) is 0 Å². The Bertz CT molecular complexity index is 1210. The van der Waals surface area contributed by atoms with E-state index in [9.17, 15) is 13.2 Å². The van der Waals surface area contributed by atoms with Gasteiger partial charge in [-0.25, -0.2) is 13.4 Å². The van der Waals surface area contributed by atoms with Crippen molar-refractivity contribution >= 4 is 38.9 Å². The molecule has 3 aliphatic rings. The van der Waals surface area contributed by atoms with E-state index in [4.69, 9.17) is 9.72 Å². The van der Waals surface area contributed by atoms with Crippen LogP contribution in [0.25, 0.3) is 0 Å². The molecule has 11 heteroatoms. The van der Waals surface area contributed by atoms with Crippen molar-refractivity contribution in [2.75, 3.05) is 68.6 Å². The third-order valence-corrected chi connectivity index (χ3v) is 9.29. The van der Waals surface area contributed by atoms with Crippen molar-refractivity contribution in [3.63, 3.8) is 0 Å². The van der Waals surface area contributed by atoms with E-state index in [0.29, 0.717) is 32.1 Å². The second kappa shape index (κ2) is 9.97. The van der Waals surface area contributed by atoms with Gasteiger partial charge in [0.2, 0.25) is 15.9 Å². The SMILES string of the molecule is C[C@@H]1C(=O)N(C)c2ccc(Nc3ccc(S(=O)(=O)N4CCN(C)CC4)cc3)nc2N1C1CCOCC1. The molecule has 1 N–H and O–H groups in total. The number of amides is 1. The predicted molar refractivity (Wildman–Crippen MR) is 139 cm³/mol. The number of aromatic nitrogens is 1.